The number of benzene rings is 1. The minimum absolute atomic E-state index is 0.0847. The fourth-order valence-electron chi connectivity index (χ4n) is 1.76. The molecule has 5 heteroatoms. The van der Waals surface area contributed by atoms with Gasteiger partial charge in [0.1, 0.15) is 0 Å². The van der Waals surface area contributed by atoms with Gasteiger partial charge in [-0.25, -0.2) is 0 Å². The van der Waals surface area contributed by atoms with E-state index < -0.39 is 0 Å². The summed E-state index contributed by atoms with van der Waals surface area (Å²) in [5, 5.41) is 2.85. The molecule has 0 radical (unpaired) electrons. The third-order valence-corrected chi connectivity index (χ3v) is 3.01. The van der Waals surface area contributed by atoms with E-state index in [-0.39, 0.29) is 5.91 Å². The predicted molar refractivity (Wildman–Crippen MR) is 81.6 cm³/mol. The molecule has 0 heterocycles. The highest BCUT2D eigenvalue weighted by Gasteiger charge is 2.08. The van der Waals surface area contributed by atoms with Crippen LogP contribution in [0.1, 0.15) is 36.2 Å². The highest BCUT2D eigenvalue weighted by atomic mass is 16.5. The average molecular weight is 279 g/mol. The summed E-state index contributed by atoms with van der Waals surface area (Å²) in [4.78, 5) is 12.0. The van der Waals surface area contributed by atoms with Gasteiger partial charge in [-0.1, -0.05) is 13.8 Å². The number of nitrogens with one attached hydrogen (secondary N) is 2. The average Bonchev–Trinajstić information content (AvgIpc) is 2.41. The van der Waals surface area contributed by atoms with Gasteiger partial charge in [0.05, 0.1) is 6.61 Å². The number of amides is 1. The Hall–Kier alpha value is -1.59. The Morgan fingerprint density at radius 1 is 1.35 bits per heavy atom. The van der Waals surface area contributed by atoms with Crippen LogP contribution in [0.4, 0.5) is 5.69 Å². The molecular formula is C15H25N3O2. The number of nitrogens with two attached hydrogens (primary N) is 1. The lowest BCUT2D eigenvalue weighted by Gasteiger charge is -2.10. The highest BCUT2D eigenvalue weighted by Crippen LogP contribution is 2.14. The minimum atomic E-state index is -0.0847. The van der Waals surface area contributed by atoms with Gasteiger partial charge in [0.2, 0.25) is 0 Å². The number of ether oxygens (including phenoxy) is 1. The number of hydrogen-bond donors (Lipinski definition) is 3. The van der Waals surface area contributed by atoms with Gasteiger partial charge in [-0.3, -0.25) is 10.6 Å². The van der Waals surface area contributed by atoms with E-state index in [0.717, 1.165) is 24.3 Å². The maximum absolute atomic E-state index is 12.0. The molecule has 0 saturated carbocycles. The number of carbonyl (C=O) groups excluding carboxylic acids is 1. The van der Waals surface area contributed by atoms with Crippen molar-refractivity contribution in [3.8, 4) is 0 Å². The van der Waals surface area contributed by atoms with Gasteiger partial charge in [-0.2, -0.15) is 0 Å². The second-order valence-corrected chi connectivity index (χ2v) is 5.22. The number of hydrogen-bond acceptors (Lipinski definition) is 4. The van der Waals surface area contributed by atoms with Crippen LogP contribution in [-0.2, 0) is 4.74 Å². The molecular weight excluding hydrogens is 254 g/mol. The smallest absolute Gasteiger partial charge is 0.251 e. The van der Waals surface area contributed by atoms with Crippen LogP contribution in [0.15, 0.2) is 18.2 Å². The molecule has 0 spiro atoms. The standard InChI is InChI=1S/C15H25N3O2/c1-11(2)6-8-20-9-7-17-15(19)14-5-4-13(18-16)10-12(14)3/h4-5,10-11,18H,6-9,16H2,1-3H3,(H,17,19). The molecule has 0 aliphatic heterocycles. The zero-order chi connectivity index (χ0) is 15.0. The molecule has 1 amide bonds. The monoisotopic (exact) mass is 279 g/mol. The predicted octanol–water partition coefficient (Wildman–Crippen LogP) is 2.07. The van der Waals surface area contributed by atoms with Crippen molar-refractivity contribution in [3.05, 3.63) is 29.3 Å². The van der Waals surface area contributed by atoms with Crippen LogP contribution in [0.2, 0.25) is 0 Å². The summed E-state index contributed by atoms with van der Waals surface area (Å²) in [6.45, 7) is 8.01. The Morgan fingerprint density at radius 2 is 2.10 bits per heavy atom. The lowest BCUT2D eigenvalue weighted by molar-refractivity contribution is 0.0905. The fraction of sp³-hybridized carbons (Fsp3) is 0.533. The van der Waals surface area contributed by atoms with Crippen molar-refractivity contribution in [2.75, 3.05) is 25.2 Å². The maximum atomic E-state index is 12.0. The maximum Gasteiger partial charge on any atom is 0.251 e. The summed E-state index contributed by atoms with van der Waals surface area (Å²) in [6, 6.07) is 5.38. The van der Waals surface area contributed by atoms with E-state index in [1.165, 1.54) is 0 Å². The van der Waals surface area contributed by atoms with Crippen LogP contribution in [0.3, 0.4) is 0 Å². The summed E-state index contributed by atoms with van der Waals surface area (Å²) in [5.41, 5.74) is 4.89. The largest absolute Gasteiger partial charge is 0.380 e. The number of nitrogen functional groups attached to an aromatic ring is 1. The Labute approximate surface area is 120 Å². The van der Waals surface area contributed by atoms with Crippen molar-refractivity contribution in [1.82, 2.24) is 5.32 Å². The number of rotatable bonds is 8. The molecule has 0 atom stereocenters. The molecule has 0 bridgehead atoms. The first kappa shape index (κ1) is 16.5. The summed E-state index contributed by atoms with van der Waals surface area (Å²) in [6.07, 6.45) is 1.04. The van der Waals surface area contributed by atoms with E-state index >= 15 is 0 Å². The third kappa shape index (κ3) is 5.59. The molecule has 1 aromatic carbocycles. The molecule has 112 valence electrons. The zero-order valence-electron chi connectivity index (χ0n) is 12.5. The quantitative estimate of drug-likeness (QED) is 0.387. The first-order valence-electron chi connectivity index (χ1n) is 6.97. The lowest BCUT2D eigenvalue weighted by atomic mass is 10.1. The molecule has 20 heavy (non-hydrogen) atoms. The van der Waals surface area contributed by atoms with Crippen LogP contribution < -0.4 is 16.6 Å². The number of carbonyl (C=O) groups is 1. The van der Waals surface area contributed by atoms with Crippen LogP contribution in [0, 0.1) is 12.8 Å². The molecule has 0 saturated heterocycles. The molecule has 0 aromatic heterocycles. The molecule has 0 aliphatic carbocycles. The Bertz CT molecular complexity index is 433. The Balaban J connectivity index is 2.32. The van der Waals surface area contributed by atoms with E-state index in [1.807, 2.05) is 13.0 Å². The third-order valence-electron chi connectivity index (χ3n) is 3.01. The van der Waals surface area contributed by atoms with Gasteiger partial charge < -0.3 is 15.5 Å². The first-order valence-corrected chi connectivity index (χ1v) is 6.97. The van der Waals surface area contributed by atoms with Crippen LogP contribution in [0.25, 0.3) is 0 Å². The van der Waals surface area contributed by atoms with Crippen molar-refractivity contribution in [2.45, 2.75) is 27.2 Å². The molecule has 5 nitrogen and oxygen atoms in total. The van der Waals surface area contributed by atoms with Crippen molar-refractivity contribution < 1.29 is 9.53 Å². The molecule has 1 rings (SSSR count). The molecule has 1 aromatic rings. The second-order valence-electron chi connectivity index (χ2n) is 5.22. The summed E-state index contributed by atoms with van der Waals surface area (Å²) < 4.78 is 5.46. The van der Waals surface area contributed by atoms with E-state index in [0.29, 0.717) is 24.6 Å². The van der Waals surface area contributed by atoms with Crippen molar-refractivity contribution in [2.24, 2.45) is 11.8 Å². The molecule has 0 unspecified atom stereocenters. The first-order chi connectivity index (χ1) is 9.54. The van der Waals surface area contributed by atoms with Gasteiger partial charge >= 0.3 is 0 Å². The number of hydrazine groups is 1. The van der Waals surface area contributed by atoms with Crippen molar-refractivity contribution >= 4 is 11.6 Å². The SMILES string of the molecule is Cc1cc(NN)ccc1C(=O)NCCOCCC(C)C. The van der Waals surface area contributed by atoms with Gasteiger partial charge in [-0.15, -0.1) is 0 Å². The van der Waals surface area contributed by atoms with E-state index in [2.05, 4.69) is 24.6 Å². The summed E-state index contributed by atoms with van der Waals surface area (Å²) >= 11 is 0. The van der Waals surface area contributed by atoms with Crippen LogP contribution >= 0.6 is 0 Å². The van der Waals surface area contributed by atoms with Gasteiger partial charge in [0, 0.05) is 24.4 Å². The van der Waals surface area contributed by atoms with E-state index in [1.54, 1.807) is 12.1 Å². The van der Waals surface area contributed by atoms with Crippen molar-refractivity contribution in [3.63, 3.8) is 0 Å². The lowest BCUT2D eigenvalue weighted by Crippen LogP contribution is -2.28. The molecule has 0 aliphatic rings. The topological polar surface area (TPSA) is 76.4 Å². The van der Waals surface area contributed by atoms with Crippen molar-refractivity contribution in [1.29, 1.82) is 0 Å². The van der Waals surface area contributed by atoms with Gasteiger partial charge in [-0.05, 0) is 43.0 Å². The Kier molecular flexibility index (Phi) is 7.04. The number of aryl methyl sites for hydroxylation is 1. The summed E-state index contributed by atoms with van der Waals surface area (Å²) in [7, 11) is 0. The van der Waals surface area contributed by atoms with Crippen LogP contribution in [-0.4, -0.2) is 25.7 Å². The molecule has 4 N–H and O–H groups in total. The second kappa shape index (κ2) is 8.55. The normalized spacial score (nSPS) is 10.7. The number of anilines is 1. The van der Waals surface area contributed by atoms with Gasteiger partial charge in [0.15, 0.2) is 0 Å². The van der Waals surface area contributed by atoms with E-state index in [4.69, 9.17) is 10.6 Å². The van der Waals surface area contributed by atoms with Gasteiger partial charge in [0.25, 0.3) is 5.91 Å². The fourth-order valence-corrected chi connectivity index (χ4v) is 1.76. The minimum Gasteiger partial charge on any atom is -0.380 e. The Morgan fingerprint density at radius 3 is 2.70 bits per heavy atom. The van der Waals surface area contributed by atoms with Crippen LogP contribution in [0.5, 0.6) is 0 Å². The molecule has 0 fully saturated rings. The highest BCUT2D eigenvalue weighted by molar-refractivity contribution is 5.96. The van der Waals surface area contributed by atoms with E-state index in [9.17, 15) is 4.79 Å². The summed E-state index contributed by atoms with van der Waals surface area (Å²) in [5.74, 6) is 5.88. The zero-order valence-corrected chi connectivity index (χ0v) is 12.5.